The van der Waals surface area contributed by atoms with Crippen LogP contribution in [0.3, 0.4) is 0 Å². The van der Waals surface area contributed by atoms with Gasteiger partial charge in [0.15, 0.2) is 12.2 Å². The molecule has 0 rings (SSSR count). The van der Waals surface area contributed by atoms with Crippen LogP contribution in [0, 0.1) is 0 Å². The standard InChI is InChI=1S/C79H138O17P2/c1-5-9-13-17-21-25-29-32-34-35-36-37-39-42-45-48-52-56-60-64-77(82)90-70-75(96-79(84)66-62-58-54-50-46-40-31-27-23-19-15-11-7-3)72-94-98(87,88)92-68-73(80)67-91-97(85,86)93-71-74(95-78(83)65-61-57-53-49-43-28-24-20-16-12-8-4)69-89-76(81)63-59-55-51-47-44-41-38-33-30-26-22-18-14-10-6-2/h9,13,20-21,24-25,27,31-32,34,36-37,42,45,52,56,73-75,80H,5-8,10-12,14-19,22-23,26,28-30,33,35,38-41,43-44,46-51,53-55,57-72H2,1-4H3,(H,85,86)(H,87,88)/b13-9-,24-20-,25-21-,31-27-,34-32-,37-36-,45-42-,56-52-. The SMILES string of the molecule is CC/C=C\C/C=C\C/C=C\C/C=C\C/C=C\C/C=C\CCC(=O)OCC(COP(=O)(O)OCC(O)COP(=O)(O)OCC(COC(=O)CCCCCCCCCCCCCCCCC)OC(=O)CCCCCCC/C=C\CCCC)OC(=O)CCCCCCC/C=C\CCCCCC. The monoisotopic (exact) mass is 1420 g/mol. The van der Waals surface area contributed by atoms with Gasteiger partial charge in [0.25, 0.3) is 0 Å². The average molecular weight is 1420 g/mol. The third-order valence-electron chi connectivity index (χ3n) is 16.0. The fourth-order valence-electron chi connectivity index (χ4n) is 10.2. The molecule has 0 spiro atoms. The van der Waals surface area contributed by atoms with Crippen molar-refractivity contribution < 1.29 is 80.2 Å². The predicted molar refractivity (Wildman–Crippen MR) is 399 cm³/mol. The van der Waals surface area contributed by atoms with Gasteiger partial charge in [-0.05, 0) is 109 Å². The number of hydrogen-bond acceptors (Lipinski definition) is 15. The molecule has 0 amide bonds. The first-order valence-corrected chi connectivity index (χ1v) is 41.5. The maximum Gasteiger partial charge on any atom is 0.472 e. The number of aliphatic hydroxyl groups is 1. The zero-order chi connectivity index (χ0) is 71.8. The Kier molecular flexibility index (Phi) is 68.4. The van der Waals surface area contributed by atoms with Gasteiger partial charge in [-0.2, -0.15) is 0 Å². The average Bonchev–Trinajstić information content (AvgIpc) is 0.972. The summed E-state index contributed by atoms with van der Waals surface area (Å²) >= 11 is 0. The van der Waals surface area contributed by atoms with Crippen molar-refractivity contribution in [1.29, 1.82) is 0 Å². The van der Waals surface area contributed by atoms with E-state index in [2.05, 4.69) is 107 Å². The highest BCUT2D eigenvalue weighted by atomic mass is 31.2. The Morgan fingerprint density at radius 1 is 0.296 bits per heavy atom. The molecule has 0 aromatic heterocycles. The zero-order valence-electron chi connectivity index (χ0n) is 61.7. The summed E-state index contributed by atoms with van der Waals surface area (Å²) in [6, 6.07) is 0. The van der Waals surface area contributed by atoms with E-state index in [-0.39, 0.29) is 25.7 Å². The minimum absolute atomic E-state index is 0.0348. The first kappa shape index (κ1) is 94.0. The van der Waals surface area contributed by atoms with E-state index in [4.69, 9.17) is 37.0 Å². The van der Waals surface area contributed by atoms with Crippen molar-refractivity contribution >= 4 is 39.5 Å². The minimum Gasteiger partial charge on any atom is -0.462 e. The zero-order valence-corrected chi connectivity index (χ0v) is 63.5. The smallest absolute Gasteiger partial charge is 0.462 e. The van der Waals surface area contributed by atoms with Crippen molar-refractivity contribution in [3.8, 4) is 0 Å². The maximum atomic E-state index is 13.1. The van der Waals surface area contributed by atoms with E-state index in [1.54, 1.807) is 0 Å². The van der Waals surface area contributed by atoms with Gasteiger partial charge in [-0.3, -0.25) is 37.3 Å². The van der Waals surface area contributed by atoms with E-state index in [1.807, 2.05) is 18.2 Å². The number of rotatable bonds is 72. The van der Waals surface area contributed by atoms with Crippen LogP contribution >= 0.6 is 15.6 Å². The number of carbonyl (C=O) groups is 4. The van der Waals surface area contributed by atoms with Crippen LogP contribution in [0.5, 0.6) is 0 Å². The van der Waals surface area contributed by atoms with Crippen LogP contribution in [0.1, 0.15) is 323 Å². The van der Waals surface area contributed by atoms with Gasteiger partial charge in [-0.25, -0.2) is 9.13 Å². The molecular weight excluding hydrogens is 1280 g/mol. The Balaban J connectivity index is 5.36. The Morgan fingerprint density at radius 2 is 0.561 bits per heavy atom. The molecule has 0 fully saturated rings. The quantitative estimate of drug-likeness (QED) is 0.0169. The third kappa shape index (κ3) is 70.4. The van der Waals surface area contributed by atoms with E-state index >= 15 is 0 Å². The number of hydrogen-bond donors (Lipinski definition) is 3. The van der Waals surface area contributed by atoms with Gasteiger partial charge in [0, 0.05) is 25.7 Å². The minimum atomic E-state index is -4.99. The highest BCUT2D eigenvalue weighted by Gasteiger charge is 2.30. The van der Waals surface area contributed by atoms with Crippen molar-refractivity contribution in [2.75, 3.05) is 39.6 Å². The largest absolute Gasteiger partial charge is 0.472 e. The van der Waals surface area contributed by atoms with Crippen molar-refractivity contribution in [2.24, 2.45) is 0 Å². The van der Waals surface area contributed by atoms with Crippen LogP contribution in [-0.2, 0) is 65.4 Å². The lowest BCUT2D eigenvalue weighted by atomic mass is 10.0. The van der Waals surface area contributed by atoms with Crippen LogP contribution in [0.4, 0.5) is 0 Å². The molecule has 0 saturated carbocycles. The highest BCUT2D eigenvalue weighted by Crippen LogP contribution is 2.45. The van der Waals surface area contributed by atoms with Crippen LogP contribution in [0.2, 0.25) is 0 Å². The Bertz CT molecular complexity index is 2240. The van der Waals surface area contributed by atoms with E-state index in [9.17, 15) is 43.2 Å². The first-order valence-electron chi connectivity index (χ1n) is 38.5. The number of aliphatic hydroxyl groups excluding tert-OH is 1. The Morgan fingerprint density at radius 3 is 0.918 bits per heavy atom. The lowest BCUT2D eigenvalue weighted by Gasteiger charge is -2.21. The molecule has 19 heteroatoms. The molecule has 0 aliphatic carbocycles. The number of unbranched alkanes of at least 4 members (excludes halogenated alkanes) is 30. The fourth-order valence-corrected chi connectivity index (χ4v) is 11.7. The fraction of sp³-hybridized carbons (Fsp3) is 0.747. The molecule has 5 unspecified atom stereocenters. The van der Waals surface area contributed by atoms with E-state index in [1.165, 1.54) is 109 Å². The molecule has 0 aliphatic rings. The number of phosphoric acid groups is 2. The molecule has 0 radical (unpaired) electrons. The molecular formula is C79H138O17P2. The summed E-state index contributed by atoms with van der Waals surface area (Å²) in [7, 11) is -9.96. The molecule has 0 heterocycles. The van der Waals surface area contributed by atoms with Gasteiger partial charge in [0.1, 0.15) is 19.3 Å². The van der Waals surface area contributed by atoms with E-state index < -0.39 is 97.5 Å². The highest BCUT2D eigenvalue weighted by molar-refractivity contribution is 7.47. The number of ether oxygens (including phenoxy) is 4. The van der Waals surface area contributed by atoms with Gasteiger partial charge in [-0.1, -0.05) is 285 Å². The Labute approximate surface area is 595 Å². The Hall–Kier alpha value is -4.02. The van der Waals surface area contributed by atoms with Crippen LogP contribution in [0.25, 0.3) is 0 Å². The summed E-state index contributed by atoms with van der Waals surface area (Å²) in [5.74, 6) is -2.28. The molecule has 5 atom stereocenters. The van der Waals surface area contributed by atoms with Crippen molar-refractivity contribution in [3.63, 3.8) is 0 Å². The van der Waals surface area contributed by atoms with Crippen LogP contribution in [0.15, 0.2) is 97.2 Å². The molecule has 0 aromatic carbocycles. The van der Waals surface area contributed by atoms with Crippen LogP contribution < -0.4 is 0 Å². The topological polar surface area (TPSA) is 237 Å². The van der Waals surface area contributed by atoms with E-state index in [0.717, 1.165) is 128 Å². The molecule has 0 aliphatic heterocycles. The van der Waals surface area contributed by atoms with Gasteiger partial charge in [0.05, 0.1) is 26.4 Å². The van der Waals surface area contributed by atoms with Gasteiger partial charge >= 0.3 is 39.5 Å². The molecule has 0 bridgehead atoms. The van der Waals surface area contributed by atoms with Gasteiger partial charge in [0.2, 0.25) is 0 Å². The van der Waals surface area contributed by atoms with Crippen molar-refractivity contribution in [2.45, 2.75) is 341 Å². The second-order valence-corrected chi connectivity index (χ2v) is 28.5. The normalized spacial score (nSPS) is 14.5. The summed E-state index contributed by atoms with van der Waals surface area (Å²) in [6.07, 6.45) is 74.2. The lowest BCUT2D eigenvalue weighted by molar-refractivity contribution is -0.161. The summed E-state index contributed by atoms with van der Waals surface area (Å²) in [5, 5.41) is 10.6. The van der Waals surface area contributed by atoms with E-state index in [0.29, 0.717) is 32.1 Å². The molecule has 98 heavy (non-hydrogen) atoms. The van der Waals surface area contributed by atoms with Crippen molar-refractivity contribution in [1.82, 2.24) is 0 Å². The number of allylic oxidation sites excluding steroid dienone is 16. The molecule has 0 saturated heterocycles. The molecule has 0 aromatic rings. The van der Waals surface area contributed by atoms with Crippen molar-refractivity contribution in [3.05, 3.63) is 97.2 Å². The summed E-state index contributed by atoms with van der Waals surface area (Å²) in [6.45, 7) is 4.63. The predicted octanol–water partition coefficient (Wildman–Crippen LogP) is 22.0. The maximum absolute atomic E-state index is 13.1. The third-order valence-corrected chi connectivity index (χ3v) is 17.9. The second kappa shape index (κ2) is 71.4. The summed E-state index contributed by atoms with van der Waals surface area (Å²) < 4.78 is 68.3. The molecule has 3 N–H and O–H groups in total. The van der Waals surface area contributed by atoms with Gasteiger partial charge in [-0.15, -0.1) is 0 Å². The number of carbonyl (C=O) groups excluding carboxylic acids is 4. The summed E-state index contributed by atoms with van der Waals surface area (Å²) in [5.41, 5.74) is 0. The van der Waals surface area contributed by atoms with Crippen LogP contribution in [-0.4, -0.2) is 96.7 Å². The van der Waals surface area contributed by atoms with Gasteiger partial charge < -0.3 is 33.8 Å². The summed E-state index contributed by atoms with van der Waals surface area (Å²) in [4.78, 5) is 72.8. The molecule has 566 valence electrons. The number of esters is 4. The number of phosphoric ester groups is 2. The second-order valence-electron chi connectivity index (χ2n) is 25.6. The lowest BCUT2D eigenvalue weighted by Crippen LogP contribution is -2.30. The first-order chi connectivity index (χ1) is 47.7. The molecule has 17 nitrogen and oxygen atoms in total.